The number of carbonyl (C=O) groups excluding carboxylic acids is 1. The molecule has 33 heavy (non-hydrogen) atoms. The van der Waals surface area contributed by atoms with Crippen molar-refractivity contribution in [1.29, 1.82) is 0 Å². The molecule has 0 aliphatic rings. The van der Waals surface area contributed by atoms with E-state index in [0.29, 0.717) is 17.4 Å². The largest absolute Gasteiger partial charge is 0.497 e. The first kappa shape index (κ1) is 22.4. The predicted octanol–water partition coefficient (Wildman–Crippen LogP) is 4.51. The Morgan fingerprint density at radius 2 is 1.79 bits per heavy atom. The third-order valence-corrected chi connectivity index (χ3v) is 6.13. The van der Waals surface area contributed by atoms with Gasteiger partial charge in [-0.2, -0.15) is 0 Å². The van der Waals surface area contributed by atoms with Gasteiger partial charge in [0.1, 0.15) is 5.75 Å². The van der Waals surface area contributed by atoms with E-state index in [0.717, 1.165) is 33.5 Å². The van der Waals surface area contributed by atoms with Crippen LogP contribution < -0.4 is 15.6 Å². The molecule has 0 aliphatic heterocycles. The van der Waals surface area contributed by atoms with Gasteiger partial charge in [-0.05, 0) is 53.6 Å². The fourth-order valence-electron chi connectivity index (χ4n) is 3.39. The van der Waals surface area contributed by atoms with Crippen LogP contribution in [0.2, 0.25) is 0 Å². The summed E-state index contributed by atoms with van der Waals surface area (Å²) in [6.07, 6.45) is 0. The average molecular weight is 460 g/mol. The topological polar surface area (TPSA) is 81.1 Å². The van der Waals surface area contributed by atoms with E-state index in [1.165, 1.54) is 11.8 Å². The molecule has 1 heterocycles. The minimum atomic E-state index is -0.182. The standard InChI is InChI=1S/C25H25N5O2S/c1-4-30-24(19-11-13-22(32-3)14-12-19)28-29-25(30)33-16-23(31)27-26-17(2)20-10-9-18-7-5-6-8-21(18)15-20/h5-15,26H,2,4,16H2,1,3H3,(H,27,31). The van der Waals surface area contributed by atoms with E-state index >= 15 is 0 Å². The second kappa shape index (κ2) is 10.2. The van der Waals surface area contributed by atoms with Gasteiger partial charge in [0, 0.05) is 12.1 Å². The van der Waals surface area contributed by atoms with Gasteiger partial charge in [-0.15, -0.1) is 10.2 Å². The highest BCUT2D eigenvalue weighted by Gasteiger charge is 2.15. The van der Waals surface area contributed by atoms with Gasteiger partial charge >= 0.3 is 0 Å². The van der Waals surface area contributed by atoms with Crippen molar-refractivity contribution in [3.63, 3.8) is 0 Å². The van der Waals surface area contributed by atoms with E-state index in [1.807, 2.05) is 72.2 Å². The highest BCUT2D eigenvalue weighted by molar-refractivity contribution is 7.99. The van der Waals surface area contributed by atoms with Crippen LogP contribution in [0.25, 0.3) is 27.9 Å². The number of hydrogen-bond acceptors (Lipinski definition) is 6. The summed E-state index contributed by atoms with van der Waals surface area (Å²) in [6, 6.07) is 21.8. The second-order valence-electron chi connectivity index (χ2n) is 7.28. The zero-order chi connectivity index (χ0) is 23.2. The predicted molar refractivity (Wildman–Crippen MR) is 133 cm³/mol. The average Bonchev–Trinajstić information content (AvgIpc) is 3.28. The van der Waals surface area contributed by atoms with Crippen molar-refractivity contribution in [2.24, 2.45) is 0 Å². The third kappa shape index (κ3) is 5.18. The summed E-state index contributed by atoms with van der Waals surface area (Å²) in [6.45, 7) is 6.74. The zero-order valence-electron chi connectivity index (χ0n) is 18.5. The number of ether oxygens (including phenoxy) is 1. The summed E-state index contributed by atoms with van der Waals surface area (Å²) < 4.78 is 7.20. The Labute approximate surface area is 196 Å². The summed E-state index contributed by atoms with van der Waals surface area (Å²) in [5.74, 6) is 1.55. The molecule has 0 radical (unpaired) electrons. The number of hydrazine groups is 1. The fourth-order valence-corrected chi connectivity index (χ4v) is 4.20. The molecule has 4 rings (SSSR count). The lowest BCUT2D eigenvalue weighted by Gasteiger charge is -2.12. The number of hydrogen-bond donors (Lipinski definition) is 2. The number of nitrogens with zero attached hydrogens (tertiary/aromatic N) is 3. The van der Waals surface area contributed by atoms with Crippen LogP contribution in [0.3, 0.4) is 0 Å². The Morgan fingerprint density at radius 1 is 1.03 bits per heavy atom. The number of methoxy groups -OCH3 is 1. The zero-order valence-corrected chi connectivity index (χ0v) is 19.4. The minimum Gasteiger partial charge on any atom is -0.497 e. The first-order valence-electron chi connectivity index (χ1n) is 10.5. The maximum Gasteiger partial charge on any atom is 0.248 e. The molecule has 0 aliphatic carbocycles. The van der Waals surface area contributed by atoms with Gasteiger partial charge < -0.3 is 9.30 Å². The van der Waals surface area contributed by atoms with Crippen molar-refractivity contribution >= 4 is 34.1 Å². The molecule has 1 aromatic heterocycles. The van der Waals surface area contributed by atoms with Crippen LogP contribution in [0.5, 0.6) is 5.75 Å². The van der Waals surface area contributed by atoms with Crippen molar-refractivity contribution in [3.05, 3.63) is 78.9 Å². The molecule has 2 N–H and O–H groups in total. The number of fused-ring (bicyclic) bond motifs is 1. The van der Waals surface area contributed by atoms with E-state index in [2.05, 4.69) is 33.7 Å². The number of nitrogens with one attached hydrogen (secondary N) is 2. The molecule has 0 saturated heterocycles. The monoisotopic (exact) mass is 459 g/mol. The van der Waals surface area contributed by atoms with E-state index in [9.17, 15) is 4.79 Å². The van der Waals surface area contributed by atoms with Crippen LogP contribution in [0.15, 0.2) is 78.5 Å². The van der Waals surface area contributed by atoms with Crippen molar-refractivity contribution in [3.8, 4) is 17.1 Å². The normalized spacial score (nSPS) is 10.7. The lowest BCUT2D eigenvalue weighted by Crippen LogP contribution is -2.37. The summed E-state index contributed by atoms with van der Waals surface area (Å²) in [5, 5.41) is 11.6. The number of carbonyl (C=O) groups is 1. The van der Waals surface area contributed by atoms with Gasteiger partial charge in [0.2, 0.25) is 5.91 Å². The number of aromatic nitrogens is 3. The summed E-state index contributed by atoms with van der Waals surface area (Å²) in [7, 11) is 1.63. The van der Waals surface area contributed by atoms with Crippen LogP contribution >= 0.6 is 11.8 Å². The maximum absolute atomic E-state index is 12.4. The lowest BCUT2D eigenvalue weighted by atomic mass is 10.1. The Balaban J connectivity index is 1.34. The van der Waals surface area contributed by atoms with Gasteiger partial charge in [0.15, 0.2) is 11.0 Å². The Bertz CT molecular complexity index is 1280. The van der Waals surface area contributed by atoms with Gasteiger partial charge in [-0.25, -0.2) is 0 Å². The molecule has 3 aromatic carbocycles. The molecule has 7 nitrogen and oxygen atoms in total. The Morgan fingerprint density at radius 3 is 2.52 bits per heavy atom. The molecule has 4 aromatic rings. The maximum atomic E-state index is 12.4. The van der Waals surface area contributed by atoms with Gasteiger partial charge in [0.05, 0.1) is 18.6 Å². The molecule has 0 unspecified atom stereocenters. The molecule has 8 heteroatoms. The van der Waals surface area contributed by atoms with Crippen LogP contribution in [0.4, 0.5) is 0 Å². The van der Waals surface area contributed by atoms with Crippen molar-refractivity contribution < 1.29 is 9.53 Å². The van der Waals surface area contributed by atoms with Crippen LogP contribution in [0, 0.1) is 0 Å². The van der Waals surface area contributed by atoms with E-state index < -0.39 is 0 Å². The van der Waals surface area contributed by atoms with Crippen LogP contribution in [-0.4, -0.2) is 33.5 Å². The highest BCUT2D eigenvalue weighted by atomic mass is 32.2. The first-order chi connectivity index (χ1) is 16.1. The summed E-state index contributed by atoms with van der Waals surface area (Å²) >= 11 is 1.34. The van der Waals surface area contributed by atoms with E-state index in [4.69, 9.17) is 4.74 Å². The van der Waals surface area contributed by atoms with Crippen molar-refractivity contribution in [2.75, 3.05) is 12.9 Å². The number of thioether (sulfide) groups is 1. The third-order valence-electron chi connectivity index (χ3n) is 5.16. The summed E-state index contributed by atoms with van der Waals surface area (Å²) in [5.41, 5.74) is 8.09. The van der Waals surface area contributed by atoms with Gasteiger partial charge in [-0.1, -0.05) is 54.7 Å². The van der Waals surface area contributed by atoms with Crippen molar-refractivity contribution in [2.45, 2.75) is 18.6 Å². The highest BCUT2D eigenvalue weighted by Crippen LogP contribution is 2.25. The van der Waals surface area contributed by atoms with Crippen LogP contribution in [0.1, 0.15) is 12.5 Å². The molecule has 0 bridgehead atoms. The fraction of sp³-hybridized carbons (Fsp3) is 0.160. The molecule has 0 spiro atoms. The molecule has 0 saturated carbocycles. The molecular formula is C25H25N5O2S. The molecule has 1 amide bonds. The Kier molecular flexibility index (Phi) is 6.95. The van der Waals surface area contributed by atoms with Crippen molar-refractivity contribution in [1.82, 2.24) is 25.6 Å². The summed E-state index contributed by atoms with van der Waals surface area (Å²) in [4.78, 5) is 12.4. The number of benzene rings is 3. The first-order valence-corrected chi connectivity index (χ1v) is 11.5. The number of amides is 1. The quantitative estimate of drug-likeness (QED) is 0.283. The van der Waals surface area contributed by atoms with Gasteiger partial charge in [0.25, 0.3) is 0 Å². The Hall–Kier alpha value is -3.78. The van der Waals surface area contributed by atoms with E-state index in [1.54, 1.807) is 7.11 Å². The molecular weight excluding hydrogens is 434 g/mol. The minimum absolute atomic E-state index is 0.182. The number of rotatable bonds is 9. The lowest BCUT2D eigenvalue weighted by molar-refractivity contribution is -0.119. The second-order valence-corrected chi connectivity index (χ2v) is 8.22. The SMILES string of the molecule is C=C(NNC(=O)CSc1nnc(-c2ccc(OC)cc2)n1CC)c1ccc2ccccc2c1. The molecule has 0 fully saturated rings. The molecule has 168 valence electrons. The van der Waals surface area contributed by atoms with E-state index in [-0.39, 0.29) is 11.7 Å². The van der Waals surface area contributed by atoms with Gasteiger partial charge in [-0.3, -0.25) is 15.6 Å². The smallest absolute Gasteiger partial charge is 0.248 e. The van der Waals surface area contributed by atoms with Crippen LogP contribution in [-0.2, 0) is 11.3 Å². The molecule has 0 atom stereocenters.